The molecule has 0 aliphatic heterocycles. The second-order valence-corrected chi connectivity index (χ2v) is 9.17. The molecule has 0 aliphatic carbocycles. The molecule has 0 atom stereocenters. The molecule has 0 amide bonds. The Kier molecular flexibility index (Phi) is 5.55. The van der Waals surface area contributed by atoms with E-state index in [4.69, 9.17) is 9.72 Å². The van der Waals surface area contributed by atoms with Crippen LogP contribution in [0, 0.1) is 5.82 Å². The van der Waals surface area contributed by atoms with Crippen LogP contribution in [0.3, 0.4) is 0 Å². The number of nitrogens with zero attached hydrogens (tertiary/aromatic N) is 4. The number of rotatable bonds is 6. The maximum absolute atomic E-state index is 13.9. The van der Waals surface area contributed by atoms with Crippen LogP contribution in [0.1, 0.15) is 5.56 Å². The number of H-pyrrole nitrogens is 2. The standard InChI is InChI=1S/C31H21FN6O/c32-23-8-4-7-21(13-23)28-30-27(11-12-34-28)35-31(36-30)29-25-15-20(9-10-26(25)37-38-29)22-14-24(17-33-16-22)39-18-19-5-2-1-3-6-19/h1-17H,18H2,(H,35,36)(H,37,38). The van der Waals surface area contributed by atoms with Gasteiger partial charge in [0.15, 0.2) is 5.82 Å². The van der Waals surface area contributed by atoms with Crippen LogP contribution in [-0.4, -0.2) is 30.1 Å². The second-order valence-electron chi connectivity index (χ2n) is 9.17. The molecule has 4 heterocycles. The van der Waals surface area contributed by atoms with Gasteiger partial charge in [0.1, 0.15) is 29.4 Å². The molecule has 4 aromatic heterocycles. The van der Waals surface area contributed by atoms with Crippen LogP contribution in [0.5, 0.6) is 5.75 Å². The highest BCUT2D eigenvalue weighted by Gasteiger charge is 2.17. The molecule has 0 aliphatic rings. The number of halogens is 1. The van der Waals surface area contributed by atoms with E-state index in [0.717, 1.165) is 33.1 Å². The van der Waals surface area contributed by atoms with Gasteiger partial charge in [-0.1, -0.05) is 48.5 Å². The van der Waals surface area contributed by atoms with Crippen LogP contribution in [0.15, 0.2) is 104 Å². The highest BCUT2D eigenvalue weighted by atomic mass is 19.1. The molecule has 39 heavy (non-hydrogen) atoms. The third kappa shape index (κ3) is 4.38. The fourth-order valence-corrected chi connectivity index (χ4v) is 4.67. The zero-order valence-corrected chi connectivity index (χ0v) is 20.6. The van der Waals surface area contributed by atoms with Crippen LogP contribution in [0.4, 0.5) is 4.39 Å². The van der Waals surface area contributed by atoms with Crippen LogP contribution < -0.4 is 4.74 Å². The third-order valence-corrected chi connectivity index (χ3v) is 6.58. The van der Waals surface area contributed by atoms with Crippen molar-refractivity contribution in [1.29, 1.82) is 0 Å². The molecule has 7 nitrogen and oxygen atoms in total. The van der Waals surface area contributed by atoms with Crippen molar-refractivity contribution < 1.29 is 9.13 Å². The fourth-order valence-electron chi connectivity index (χ4n) is 4.67. The van der Waals surface area contributed by atoms with Crippen molar-refractivity contribution in [2.24, 2.45) is 0 Å². The van der Waals surface area contributed by atoms with Crippen molar-refractivity contribution in [1.82, 2.24) is 30.1 Å². The summed E-state index contributed by atoms with van der Waals surface area (Å²) in [5.41, 5.74) is 7.26. The summed E-state index contributed by atoms with van der Waals surface area (Å²) in [6, 6.07) is 26.3. The monoisotopic (exact) mass is 512 g/mol. The van der Waals surface area contributed by atoms with E-state index in [1.807, 2.05) is 66.9 Å². The minimum atomic E-state index is -0.322. The normalized spacial score (nSPS) is 11.3. The van der Waals surface area contributed by atoms with Gasteiger partial charge in [0.05, 0.1) is 22.9 Å². The zero-order chi connectivity index (χ0) is 26.2. The van der Waals surface area contributed by atoms with Gasteiger partial charge in [-0.05, 0) is 47.5 Å². The summed E-state index contributed by atoms with van der Waals surface area (Å²) in [6.07, 6.45) is 5.21. The predicted octanol–water partition coefficient (Wildman–Crippen LogP) is 6.95. The Hall–Kier alpha value is -5.37. The highest BCUT2D eigenvalue weighted by Crippen LogP contribution is 2.33. The summed E-state index contributed by atoms with van der Waals surface area (Å²) in [7, 11) is 0. The third-order valence-electron chi connectivity index (χ3n) is 6.58. The lowest BCUT2D eigenvalue weighted by Crippen LogP contribution is -1.95. The van der Waals surface area contributed by atoms with Gasteiger partial charge in [0.2, 0.25) is 0 Å². The average Bonchev–Trinajstić information content (AvgIpc) is 3.60. The average molecular weight is 513 g/mol. The number of ether oxygens (including phenoxy) is 1. The predicted molar refractivity (Wildman–Crippen MR) is 148 cm³/mol. The van der Waals surface area contributed by atoms with Gasteiger partial charge in [0, 0.05) is 28.9 Å². The van der Waals surface area contributed by atoms with Crippen LogP contribution in [-0.2, 0) is 6.61 Å². The van der Waals surface area contributed by atoms with Gasteiger partial charge in [-0.2, -0.15) is 5.10 Å². The molecule has 0 radical (unpaired) electrons. The molecule has 7 aromatic rings. The molecule has 0 unspecified atom stereocenters. The van der Waals surface area contributed by atoms with E-state index in [9.17, 15) is 4.39 Å². The first kappa shape index (κ1) is 22.8. The van der Waals surface area contributed by atoms with Crippen molar-refractivity contribution >= 4 is 21.9 Å². The molecule has 0 saturated heterocycles. The van der Waals surface area contributed by atoms with Gasteiger partial charge >= 0.3 is 0 Å². The molecular formula is C31H21FN6O. The molecule has 3 aromatic carbocycles. The number of aromatic nitrogens is 6. The van der Waals surface area contributed by atoms with E-state index in [2.05, 4.69) is 31.2 Å². The Balaban J connectivity index is 1.24. The number of hydrogen-bond acceptors (Lipinski definition) is 5. The number of aromatic amines is 2. The lowest BCUT2D eigenvalue weighted by molar-refractivity contribution is 0.305. The molecule has 7 rings (SSSR count). The van der Waals surface area contributed by atoms with Crippen molar-refractivity contribution in [3.63, 3.8) is 0 Å². The fraction of sp³-hybridized carbons (Fsp3) is 0.0323. The Morgan fingerprint density at radius 3 is 2.59 bits per heavy atom. The van der Waals surface area contributed by atoms with Crippen molar-refractivity contribution in [3.05, 3.63) is 115 Å². The molecule has 0 fully saturated rings. The maximum atomic E-state index is 13.9. The Bertz CT molecular complexity index is 1950. The number of imidazole rings is 1. The minimum absolute atomic E-state index is 0.322. The first-order valence-electron chi connectivity index (χ1n) is 12.4. The van der Waals surface area contributed by atoms with Crippen LogP contribution in [0.2, 0.25) is 0 Å². The number of pyridine rings is 2. The Labute approximate surface area is 222 Å². The van der Waals surface area contributed by atoms with E-state index in [1.54, 1.807) is 18.5 Å². The van der Waals surface area contributed by atoms with E-state index < -0.39 is 0 Å². The second kappa shape index (κ2) is 9.50. The first-order chi connectivity index (χ1) is 19.2. The van der Waals surface area contributed by atoms with Gasteiger partial charge < -0.3 is 9.72 Å². The lowest BCUT2D eigenvalue weighted by atomic mass is 10.0. The summed E-state index contributed by atoms with van der Waals surface area (Å²) < 4.78 is 19.9. The summed E-state index contributed by atoms with van der Waals surface area (Å²) in [5, 5.41) is 8.56. The summed E-state index contributed by atoms with van der Waals surface area (Å²) in [6.45, 7) is 0.468. The molecule has 0 saturated carbocycles. The van der Waals surface area contributed by atoms with E-state index in [0.29, 0.717) is 40.6 Å². The summed E-state index contributed by atoms with van der Waals surface area (Å²) >= 11 is 0. The van der Waals surface area contributed by atoms with Crippen molar-refractivity contribution in [2.75, 3.05) is 0 Å². The molecule has 2 N–H and O–H groups in total. The van der Waals surface area contributed by atoms with Crippen LogP contribution >= 0.6 is 0 Å². The number of nitrogens with one attached hydrogen (secondary N) is 2. The van der Waals surface area contributed by atoms with Crippen LogP contribution in [0.25, 0.3) is 55.8 Å². The summed E-state index contributed by atoms with van der Waals surface area (Å²) in [4.78, 5) is 17.1. The molecular weight excluding hydrogens is 491 g/mol. The SMILES string of the molecule is Fc1cccc(-c2nccc3[nH]c(-c4n[nH]c5ccc(-c6cncc(OCc7ccccc7)c6)cc45)nc23)c1. The first-order valence-corrected chi connectivity index (χ1v) is 12.4. The molecule has 0 spiro atoms. The quantitative estimate of drug-likeness (QED) is 0.252. The number of fused-ring (bicyclic) bond motifs is 2. The molecule has 0 bridgehead atoms. The Morgan fingerprint density at radius 2 is 1.69 bits per heavy atom. The number of benzene rings is 3. The topological polar surface area (TPSA) is 92.4 Å². The van der Waals surface area contributed by atoms with Gasteiger partial charge in [-0.3, -0.25) is 15.1 Å². The van der Waals surface area contributed by atoms with Gasteiger partial charge in [0.25, 0.3) is 0 Å². The number of hydrogen-bond donors (Lipinski definition) is 2. The smallest absolute Gasteiger partial charge is 0.159 e. The highest BCUT2D eigenvalue weighted by molar-refractivity contribution is 5.97. The zero-order valence-electron chi connectivity index (χ0n) is 20.6. The van der Waals surface area contributed by atoms with Gasteiger partial charge in [-0.25, -0.2) is 9.37 Å². The van der Waals surface area contributed by atoms with E-state index in [-0.39, 0.29) is 5.82 Å². The van der Waals surface area contributed by atoms with Gasteiger partial charge in [-0.15, -0.1) is 0 Å². The van der Waals surface area contributed by atoms with Crippen molar-refractivity contribution in [2.45, 2.75) is 6.61 Å². The molecule has 188 valence electrons. The largest absolute Gasteiger partial charge is 0.487 e. The van der Waals surface area contributed by atoms with E-state index in [1.165, 1.54) is 12.1 Å². The maximum Gasteiger partial charge on any atom is 0.159 e. The minimum Gasteiger partial charge on any atom is -0.487 e. The summed E-state index contributed by atoms with van der Waals surface area (Å²) in [5.74, 6) is 0.965. The molecule has 8 heteroatoms. The van der Waals surface area contributed by atoms with Crippen molar-refractivity contribution in [3.8, 4) is 39.7 Å². The van der Waals surface area contributed by atoms with E-state index >= 15 is 0 Å². The lowest BCUT2D eigenvalue weighted by Gasteiger charge is -2.08. The Morgan fingerprint density at radius 1 is 0.769 bits per heavy atom.